The zero-order valence-corrected chi connectivity index (χ0v) is 13.6. The van der Waals surface area contributed by atoms with Gasteiger partial charge in [0.1, 0.15) is 5.92 Å². The lowest BCUT2D eigenvalue weighted by atomic mass is 9.83. The van der Waals surface area contributed by atoms with Crippen LogP contribution in [0.2, 0.25) is 10.0 Å². The highest BCUT2D eigenvalue weighted by molar-refractivity contribution is 7.12. The van der Waals surface area contributed by atoms with Crippen molar-refractivity contribution in [2.45, 2.75) is 12.3 Å². The summed E-state index contributed by atoms with van der Waals surface area (Å²) in [6.07, 6.45) is 0.0737. The van der Waals surface area contributed by atoms with Gasteiger partial charge in [-0.1, -0.05) is 35.3 Å². The Kier molecular flexibility index (Phi) is 5.57. The number of thiophene rings is 1. The molecule has 0 saturated heterocycles. The molecule has 0 N–H and O–H groups in total. The quantitative estimate of drug-likeness (QED) is 0.708. The van der Waals surface area contributed by atoms with Crippen molar-refractivity contribution in [2.24, 2.45) is 5.92 Å². The van der Waals surface area contributed by atoms with Crippen molar-refractivity contribution in [1.29, 1.82) is 10.5 Å². The minimum Gasteiger partial charge on any atom is -0.293 e. The van der Waals surface area contributed by atoms with E-state index in [1.54, 1.807) is 30.3 Å². The standard InChI is InChI=1S/C16H10Cl2N2OS/c17-13-4-3-10(6-14(13)18)12(11(8-19)9-20)7-15(21)16-2-1-5-22-16/h1-6,11-12H,7H2. The Morgan fingerprint density at radius 2 is 1.91 bits per heavy atom. The fraction of sp³-hybridized carbons (Fsp3) is 0.188. The van der Waals surface area contributed by atoms with Gasteiger partial charge in [0.25, 0.3) is 0 Å². The van der Waals surface area contributed by atoms with E-state index in [9.17, 15) is 15.3 Å². The molecule has 2 aromatic rings. The molecule has 6 heteroatoms. The van der Waals surface area contributed by atoms with Gasteiger partial charge in [0.15, 0.2) is 5.78 Å². The maximum atomic E-state index is 12.3. The first kappa shape index (κ1) is 16.5. The zero-order valence-electron chi connectivity index (χ0n) is 11.3. The molecule has 22 heavy (non-hydrogen) atoms. The lowest BCUT2D eigenvalue weighted by Crippen LogP contribution is -2.14. The number of nitriles is 2. The van der Waals surface area contributed by atoms with Gasteiger partial charge in [0, 0.05) is 12.3 Å². The van der Waals surface area contributed by atoms with Crippen LogP contribution in [-0.4, -0.2) is 5.78 Å². The van der Waals surface area contributed by atoms with Crippen LogP contribution in [0.5, 0.6) is 0 Å². The highest BCUT2D eigenvalue weighted by Crippen LogP contribution is 2.33. The summed E-state index contributed by atoms with van der Waals surface area (Å²) >= 11 is 13.2. The third-order valence-electron chi connectivity index (χ3n) is 3.25. The highest BCUT2D eigenvalue weighted by Gasteiger charge is 2.27. The van der Waals surface area contributed by atoms with Gasteiger partial charge in [-0.25, -0.2) is 0 Å². The predicted octanol–water partition coefficient (Wildman–Crippen LogP) is 5.07. The molecular formula is C16H10Cl2N2OS. The normalized spacial score (nSPS) is 11.7. The number of benzene rings is 1. The fourth-order valence-electron chi connectivity index (χ4n) is 2.12. The van der Waals surface area contributed by atoms with Gasteiger partial charge >= 0.3 is 0 Å². The van der Waals surface area contributed by atoms with E-state index in [2.05, 4.69) is 0 Å². The van der Waals surface area contributed by atoms with Crippen LogP contribution in [0.3, 0.4) is 0 Å². The van der Waals surface area contributed by atoms with Crippen LogP contribution >= 0.6 is 34.5 Å². The second kappa shape index (κ2) is 7.42. The average Bonchev–Trinajstić information content (AvgIpc) is 3.04. The Morgan fingerprint density at radius 1 is 1.18 bits per heavy atom. The van der Waals surface area contributed by atoms with Crippen LogP contribution < -0.4 is 0 Å². The summed E-state index contributed by atoms with van der Waals surface area (Å²) in [5.74, 6) is -1.57. The predicted molar refractivity (Wildman–Crippen MR) is 87.2 cm³/mol. The fourth-order valence-corrected chi connectivity index (χ4v) is 3.10. The maximum absolute atomic E-state index is 12.3. The molecule has 0 radical (unpaired) electrons. The largest absolute Gasteiger partial charge is 0.293 e. The molecule has 0 aliphatic heterocycles. The van der Waals surface area contributed by atoms with Gasteiger partial charge in [-0.05, 0) is 29.1 Å². The highest BCUT2D eigenvalue weighted by atomic mass is 35.5. The Morgan fingerprint density at radius 3 is 2.45 bits per heavy atom. The molecule has 3 nitrogen and oxygen atoms in total. The molecule has 1 heterocycles. The van der Waals surface area contributed by atoms with Crippen LogP contribution in [0.25, 0.3) is 0 Å². The lowest BCUT2D eigenvalue weighted by Gasteiger charge is -2.17. The Bertz CT molecular complexity index is 745. The number of hydrogen-bond donors (Lipinski definition) is 0. The number of ketones is 1. The summed E-state index contributed by atoms with van der Waals surface area (Å²) in [6, 6.07) is 12.3. The molecular weight excluding hydrogens is 339 g/mol. The van der Waals surface area contributed by atoms with E-state index in [0.29, 0.717) is 20.5 Å². The molecule has 0 aliphatic carbocycles. The summed E-state index contributed by atoms with van der Waals surface area (Å²) in [6.45, 7) is 0. The summed E-state index contributed by atoms with van der Waals surface area (Å²) in [4.78, 5) is 12.9. The third kappa shape index (κ3) is 3.67. The maximum Gasteiger partial charge on any atom is 0.173 e. The molecule has 0 fully saturated rings. The molecule has 1 unspecified atom stereocenters. The first-order valence-electron chi connectivity index (χ1n) is 6.37. The van der Waals surface area contributed by atoms with Crippen LogP contribution in [0, 0.1) is 28.6 Å². The van der Waals surface area contributed by atoms with E-state index in [4.69, 9.17) is 23.2 Å². The first-order valence-corrected chi connectivity index (χ1v) is 8.01. The minimum absolute atomic E-state index is 0.0737. The van der Waals surface area contributed by atoms with Crippen molar-refractivity contribution < 1.29 is 4.79 Å². The van der Waals surface area contributed by atoms with Crippen molar-refractivity contribution >= 4 is 40.3 Å². The topological polar surface area (TPSA) is 64.7 Å². The van der Waals surface area contributed by atoms with Crippen molar-refractivity contribution in [3.05, 3.63) is 56.2 Å². The average molecular weight is 349 g/mol. The van der Waals surface area contributed by atoms with E-state index in [1.165, 1.54) is 11.3 Å². The summed E-state index contributed by atoms with van der Waals surface area (Å²) in [5.41, 5.74) is 0.660. The molecule has 0 aliphatic rings. The Labute approximate surface area is 142 Å². The number of hydrogen-bond acceptors (Lipinski definition) is 4. The SMILES string of the molecule is N#CC(C#N)C(CC(=O)c1cccs1)c1ccc(Cl)c(Cl)c1. The zero-order chi connectivity index (χ0) is 16.1. The molecule has 0 bridgehead atoms. The molecule has 0 saturated carbocycles. The number of rotatable bonds is 5. The monoisotopic (exact) mass is 348 g/mol. The molecule has 0 amide bonds. The van der Waals surface area contributed by atoms with Crippen LogP contribution in [0.4, 0.5) is 0 Å². The smallest absolute Gasteiger partial charge is 0.173 e. The van der Waals surface area contributed by atoms with E-state index < -0.39 is 11.8 Å². The number of carbonyl (C=O) groups excluding carboxylic acids is 1. The number of Topliss-reactive ketones (excluding diaryl/α,β-unsaturated/α-hetero) is 1. The molecule has 2 rings (SSSR count). The van der Waals surface area contributed by atoms with Gasteiger partial charge in [0.2, 0.25) is 0 Å². The van der Waals surface area contributed by atoms with E-state index in [1.807, 2.05) is 17.5 Å². The van der Waals surface area contributed by atoms with Crippen molar-refractivity contribution in [3.8, 4) is 12.1 Å². The van der Waals surface area contributed by atoms with E-state index >= 15 is 0 Å². The Hall–Kier alpha value is -1.85. The summed E-state index contributed by atoms with van der Waals surface area (Å²) in [7, 11) is 0. The van der Waals surface area contributed by atoms with Gasteiger partial charge in [-0.2, -0.15) is 10.5 Å². The summed E-state index contributed by atoms with van der Waals surface area (Å²) < 4.78 is 0. The first-order chi connectivity index (χ1) is 10.6. The molecule has 1 atom stereocenters. The second-order valence-corrected chi connectivity index (χ2v) is 6.38. The molecule has 110 valence electrons. The molecule has 0 spiro atoms. The van der Waals surface area contributed by atoms with Crippen LogP contribution in [0.1, 0.15) is 27.6 Å². The van der Waals surface area contributed by atoms with Crippen LogP contribution in [-0.2, 0) is 0 Å². The van der Waals surface area contributed by atoms with E-state index in [-0.39, 0.29) is 12.2 Å². The number of carbonyl (C=O) groups is 1. The molecule has 1 aromatic heterocycles. The molecule has 1 aromatic carbocycles. The van der Waals surface area contributed by atoms with Crippen LogP contribution in [0.15, 0.2) is 35.7 Å². The summed E-state index contributed by atoms with van der Waals surface area (Å²) in [5, 5.41) is 20.9. The number of halogens is 2. The van der Waals surface area contributed by atoms with Gasteiger partial charge < -0.3 is 0 Å². The van der Waals surface area contributed by atoms with Gasteiger partial charge in [0.05, 0.1) is 27.1 Å². The minimum atomic E-state index is -0.929. The van der Waals surface area contributed by atoms with Crippen molar-refractivity contribution in [2.75, 3.05) is 0 Å². The van der Waals surface area contributed by atoms with E-state index in [0.717, 1.165) is 0 Å². The number of nitrogens with zero attached hydrogens (tertiary/aromatic N) is 2. The third-order valence-corrected chi connectivity index (χ3v) is 4.90. The van der Waals surface area contributed by atoms with Gasteiger partial charge in [-0.3, -0.25) is 4.79 Å². The lowest BCUT2D eigenvalue weighted by molar-refractivity contribution is 0.0975. The Balaban J connectivity index is 2.35. The second-order valence-electron chi connectivity index (χ2n) is 4.62. The van der Waals surface area contributed by atoms with Crippen molar-refractivity contribution in [1.82, 2.24) is 0 Å². The van der Waals surface area contributed by atoms with Gasteiger partial charge in [-0.15, -0.1) is 11.3 Å². The van der Waals surface area contributed by atoms with Crippen molar-refractivity contribution in [3.63, 3.8) is 0 Å².